The minimum absolute atomic E-state index is 0.0143. The molecule has 0 fully saturated rings. The highest BCUT2D eigenvalue weighted by Gasteiger charge is 2.29. The van der Waals surface area contributed by atoms with Crippen molar-refractivity contribution >= 4 is 35.0 Å². The molecule has 0 aromatic rings. The van der Waals surface area contributed by atoms with E-state index in [0.717, 1.165) is 6.42 Å². The third-order valence-corrected chi connectivity index (χ3v) is 4.75. The van der Waals surface area contributed by atoms with Crippen molar-refractivity contribution in [1.82, 2.24) is 5.32 Å². The molecule has 0 aliphatic heterocycles. The number of carbonyl (C=O) groups is 4. The average molecular weight is 388 g/mol. The summed E-state index contributed by atoms with van der Waals surface area (Å²) in [6.07, 6.45) is 1.88. The van der Waals surface area contributed by atoms with Crippen molar-refractivity contribution in [2.75, 3.05) is 5.88 Å². The summed E-state index contributed by atoms with van der Waals surface area (Å²) in [4.78, 5) is 47.0. The standard InChI is InChI=1S/C19H30ClNO5/c1-5-7-15(14(4)22)10-12(2)19(26)18(13(3)11-20)21-16(23)8-6-9-17(24)25/h13,15,18H,2,5-11H2,1,3-4H3,(H,21,23)(H,24,25)/t13-,15+,18-/m0/s1. The molecular weight excluding hydrogens is 358 g/mol. The monoisotopic (exact) mass is 387 g/mol. The Morgan fingerprint density at radius 2 is 1.81 bits per heavy atom. The minimum Gasteiger partial charge on any atom is -0.481 e. The number of rotatable bonds is 14. The molecule has 0 aromatic heterocycles. The average Bonchev–Trinajstić information content (AvgIpc) is 2.57. The number of amides is 1. The van der Waals surface area contributed by atoms with Crippen molar-refractivity contribution < 1.29 is 24.3 Å². The lowest BCUT2D eigenvalue weighted by atomic mass is 9.87. The Balaban J connectivity index is 4.96. The van der Waals surface area contributed by atoms with Gasteiger partial charge in [0.1, 0.15) is 5.78 Å². The third-order valence-electron chi connectivity index (χ3n) is 4.26. The highest BCUT2D eigenvalue weighted by molar-refractivity contribution is 6.18. The zero-order chi connectivity index (χ0) is 20.3. The lowest BCUT2D eigenvalue weighted by molar-refractivity contribution is -0.137. The van der Waals surface area contributed by atoms with Crippen LogP contribution in [0.1, 0.15) is 59.3 Å². The third kappa shape index (κ3) is 9.13. The van der Waals surface area contributed by atoms with Crippen LogP contribution in [0.25, 0.3) is 0 Å². The topological polar surface area (TPSA) is 101 Å². The van der Waals surface area contributed by atoms with Gasteiger partial charge in [0, 0.05) is 24.6 Å². The van der Waals surface area contributed by atoms with Crippen LogP contribution in [0.15, 0.2) is 12.2 Å². The van der Waals surface area contributed by atoms with Gasteiger partial charge in [0.15, 0.2) is 5.78 Å². The molecule has 0 saturated heterocycles. The first-order chi connectivity index (χ1) is 12.1. The molecule has 0 rings (SSSR count). The van der Waals surface area contributed by atoms with Gasteiger partial charge in [-0.15, -0.1) is 11.6 Å². The second-order valence-corrected chi connectivity index (χ2v) is 7.00. The van der Waals surface area contributed by atoms with Gasteiger partial charge in [0.2, 0.25) is 5.91 Å². The fourth-order valence-corrected chi connectivity index (χ4v) is 2.79. The van der Waals surface area contributed by atoms with Gasteiger partial charge in [0.05, 0.1) is 6.04 Å². The Morgan fingerprint density at radius 3 is 2.27 bits per heavy atom. The number of ketones is 2. The maximum atomic E-state index is 12.7. The number of hydrogen-bond acceptors (Lipinski definition) is 4. The summed E-state index contributed by atoms with van der Waals surface area (Å²) in [5, 5.41) is 11.3. The maximum Gasteiger partial charge on any atom is 0.303 e. The van der Waals surface area contributed by atoms with Gasteiger partial charge >= 0.3 is 5.97 Å². The fourth-order valence-electron chi connectivity index (χ4n) is 2.62. The molecule has 6 nitrogen and oxygen atoms in total. The van der Waals surface area contributed by atoms with Crippen LogP contribution in [0, 0.1) is 11.8 Å². The first-order valence-corrected chi connectivity index (χ1v) is 9.46. The van der Waals surface area contributed by atoms with Crippen molar-refractivity contribution in [3.8, 4) is 0 Å². The highest BCUT2D eigenvalue weighted by Crippen LogP contribution is 2.21. The maximum absolute atomic E-state index is 12.7. The molecule has 0 unspecified atom stereocenters. The molecule has 0 aliphatic rings. The number of hydrogen-bond donors (Lipinski definition) is 2. The van der Waals surface area contributed by atoms with Gasteiger partial charge < -0.3 is 10.4 Å². The minimum atomic E-state index is -0.973. The van der Waals surface area contributed by atoms with Crippen LogP contribution in [-0.2, 0) is 19.2 Å². The van der Waals surface area contributed by atoms with Crippen molar-refractivity contribution in [3.05, 3.63) is 12.2 Å². The number of alkyl halides is 1. The summed E-state index contributed by atoms with van der Waals surface area (Å²) in [6, 6.07) is -0.827. The number of nitrogens with one attached hydrogen (secondary N) is 1. The second kappa shape index (κ2) is 12.6. The summed E-state index contributed by atoms with van der Waals surface area (Å²) in [5.74, 6) is -2.08. The van der Waals surface area contributed by atoms with E-state index in [1.165, 1.54) is 6.92 Å². The predicted molar refractivity (Wildman–Crippen MR) is 101 cm³/mol. The summed E-state index contributed by atoms with van der Waals surface area (Å²) < 4.78 is 0. The van der Waals surface area contributed by atoms with Crippen LogP contribution < -0.4 is 5.32 Å². The van der Waals surface area contributed by atoms with E-state index < -0.39 is 17.9 Å². The van der Waals surface area contributed by atoms with Crippen molar-refractivity contribution in [3.63, 3.8) is 0 Å². The molecular formula is C19H30ClNO5. The molecule has 7 heteroatoms. The molecule has 3 atom stereocenters. The summed E-state index contributed by atoms with van der Waals surface area (Å²) in [7, 11) is 0. The quantitative estimate of drug-likeness (QED) is 0.352. The molecule has 0 aromatic carbocycles. The van der Waals surface area contributed by atoms with Crippen molar-refractivity contribution in [1.29, 1.82) is 0 Å². The Bertz CT molecular complexity index is 532. The van der Waals surface area contributed by atoms with E-state index in [1.54, 1.807) is 6.92 Å². The van der Waals surface area contributed by atoms with Crippen LogP contribution >= 0.6 is 11.6 Å². The molecule has 0 spiro atoms. The van der Waals surface area contributed by atoms with E-state index in [9.17, 15) is 19.2 Å². The Labute approximate surface area is 160 Å². The molecule has 0 radical (unpaired) electrons. The normalized spacial score (nSPS) is 14.2. The SMILES string of the molecule is C=C(C[C@@H](CCC)C(C)=O)C(=O)[C@@H](NC(=O)CCCC(=O)O)[C@@H](C)CCl. The molecule has 0 saturated carbocycles. The van der Waals surface area contributed by atoms with Crippen molar-refractivity contribution in [2.24, 2.45) is 11.8 Å². The lowest BCUT2D eigenvalue weighted by Crippen LogP contribution is -2.46. The number of aliphatic carboxylic acids is 1. The number of carboxylic acids is 1. The van der Waals surface area contributed by atoms with Crippen molar-refractivity contribution in [2.45, 2.75) is 65.3 Å². The first kappa shape index (κ1) is 24.3. The summed E-state index contributed by atoms with van der Waals surface area (Å²) >= 11 is 5.87. The molecule has 1 amide bonds. The van der Waals surface area contributed by atoms with E-state index in [0.29, 0.717) is 12.0 Å². The van der Waals surface area contributed by atoms with Gasteiger partial charge in [-0.3, -0.25) is 19.2 Å². The van der Waals surface area contributed by atoms with E-state index in [4.69, 9.17) is 16.7 Å². The second-order valence-electron chi connectivity index (χ2n) is 6.69. The number of carboxylic acid groups (broad SMARTS) is 1. The summed E-state index contributed by atoms with van der Waals surface area (Å²) in [5.41, 5.74) is 0.298. The van der Waals surface area contributed by atoms with Crippen LogP contribution in [0.3, 0.4) is 0 Å². The molecule has 148 valence electrons. The van der Waals surface area contributed by atoms with Crippen LogP contribution in [0.5, 0.6) is 0 Å². The fraction of sp³-hybridized carbons (Fsp3) is 0.684. The smallest absolute Gasteiger partial charge is 0.303 e. The van der Waals surface area contributed by atoms with Crippen LogP contribution in [0.2, 0.25) is 0 Å². The molecule has 0 heterocycles. The first-order valence-electron chi connectivity index (χ1n) is 8.93. The summed E-state index contributed by atoms with van der Waals surface area (Å²) in [6.45, 7) is 9.03. The number of carbonyl (C=O) groups excluding carboxylic acids is 3. The molecule has 0 aliphatic carbocycles. The lowest BCUT2D eigenvalue weighted by Gasteiger charge is -2.24. The van der Waals surface area contributed by atoms with E-state index >= 15 is 0 Å². The largest absolute Gasteiger partial charge is 0.481 e. The van der Waals surface area contributed by atoms with Gasteiger partial charge in [-0.25, -0.2) is 0 Å². The van der Waals surface area contributed by atoms with Gasteiger partial charge in [-0.2, -0.15) is 0 Å². The van der Waals surface area contributed by atoms with Gasteiger partial charge in [0.25, 0.3) is 0 Å². The Morgan fingerprint density at radius 1 is 1.19 bits per heavy atom. The molecule has 0 bridgehead atoms. The van der Waals surface area contributed by atoms with Crippen LogP contribution in [-0.4, -0.2) is 40.5 Å². The van der Waals surface area contributed by atoms with E-state index in [2.05, 4.69) is 11.9 Å². The Kier molecular flexibility index (Phi) is 11.8. The zero-order valence-corrected chi connectivity index (χ0v) is 16.6. The highest BCUT2D eigenvalue weighted by atomic mass is 35.5. The Hall–Kier alpha value is -1.69. The van der Waals surface area contributed by atoms with Gasteiger partial charge in [-0.1, -0.05) is 26.8 Å². The van der Waals surface area contributed by atoms with Crippen LogP contribution in [0.4, 0.5) is 0 Å². The van der Waals surface area contributed by atoms with Gasteiger partial charge in [-0.05, 0) is 37.7 Å². The number of Topliss-reactive ketones (excluding diaryl/α,β-unsaturated/α-hetero) is 2. The molecule has 2 N–H and O–H groups in total. The van der Waals surface area contributed by atoms with E-state index in [1.807, 2.05) is 6.92 Å². The predicted octanol–water partition coefficient (Wildman–Crippen LogP) is 3.12. The van der Waals surface area contributed by atoms with E-state index in [-0.39, 0.29) is 55.0 Å². The molecule has 26 heavy (non-hydrogen) atoms. The zero-order valence-electron chi connectivity index (χ0n) is 15.8. The number of halogens is 1.